The van der Waals surface area contributed by atoms with Crippen molar-refractivity contribution in [3.63, 3.8) is 0 Å². The van der Waals surface area contributed by atoms with E-state index in [0.29, 0.717) is 0 Å². The highest BCUT2D eigenvalue weighted by molar-refractivity contribution is 6.16. The van der Waals surface area contributed by atoms with Crippen molar-refractivity contribution in [2.75, 3.05) is 4.90 Å². The molecule has 0 spiro atoms. The molecule has 3 nitrogen and oxygen atoms in total. The number of furan rings is 2. The molecule has 0 N–H and O–H groups in total. The molecule has 10 aromatic rings. The zero-order chi connectivity index (χ0) is 30.9. The van der Waals surface area contributed by atoms with Crippen molar-refractivity contribution in [2.24, 2.45) is 0 Å². The van der Waals surface area contributed by atoms with Gasteiger partial charge in [0.05, 0.1) is 0 Å². The van der Waals surface area contributed by atoms with Gasteiger partial charge in [0.25, 0.3) is 0 Å². The third-order valence-corrected chi connectivity index (χ3v) is 9.45. The highest BCUT2D eigenvalue weighted by Gasteiger charge is 2.18. The number of nitrogens with zero attached hydrogens (tertiary/aromatic N) is 1. The molecular formula is C44H27NO2. The second-order valence-electron chi connectivity index (χ2n) is 12.1. The average molecular weight is 602 g/mol. The molecule has 0 unspecified atom stereocenters. The van der Waals surface area contributed by atoms with E-state index in [1.807, 2.05) is 12.1 Å². The highest BCUT2D eigenvalue weighted by Crippen LogP contribution is 2.42. The molecule has 47 heavy (non-hydrogen) atoms. The smallest absolute Gasteiger partial charge is 0.143 e. The summed E-state index contributed by atoms with van der Waals surface area (Å²) in [7, 11) is 0. The van der Waals surface area contributed by atoms with Crippen LogP contribution in [0.3, 0.4) is 0 Å². The van der Waals surface area contributed by atoms with E-state index < -0.39 is 0 Å². The highest BCUT2D eigenvalue weighted by atomic mass is 16.3. The van der Waals surface area contributed by atoms with Crippen LogP contribution in [-0.4, -0.2) is 0 Å². The van der Waals surface area contributed by atoms with Gasteiger partial charge in [-0.1, -0.05) is 103 Å². The Balaban J connectivity index is 1.16. The molecule has 3 heteroatoms. The number of rotatable bonds is 4. The lowest BCUT2D eigenvalue weighted by molar-refractivity contribution is 0.669. The molecule has 0 bridgehead atoms. The normalized spacial score (nSPS) is 11.8. The number of hydrogen-bond donors (Lipinski definition) is 0. The molecule has 2 heterocycles. The van der Waals surface area contributed by atoms with Crippen LogP contribution in [0.5, 0.6) is 0 Å². The second kappa shape index (κ2) is 10.1. The van der Waals surface area contributed by atoms with Gasteiger partial charge in [0, 0.05) is 50.1 Å². The van der Waals surface area contributed by atoms with Gasteiger partial charge in [-0.2, -0.15) is 0 Å². The van der Waals surface area contributed by atoms with Gasteiger partial charge >= 0.3 is 0 Å². The molecule has 0 atom stereocenters. The average Bonchev–Trinajstić information content (AvgIpc) is 3.70. The molecule has 0 fully saturated rings. The van der Waals surface area contributed by atoms with Gasteiger partial charge in [-0.25, -0.2) is 0 Å². The lowest BCUT2D eigenvalue weighted by atomic mass is 9.98. The third-order valence-electron chi connectivity index (χ3n) is 9.45. The van der Waals surface area contributed by atoms with E-state index in [0.717, 1.165) is 66.3 Å². The maximum absolute atomic E-state index is 6.47. The summed E-state index contributed by atoms with van der Waals surface area (Å²) in [6, 6.07) is 57.9. The summed E-state index contributed by atoms with van der Waals surface area (Å²) >= 11 is 0. The van der Waals surface area contributed by atoms with Crippen molar-refractivity contribution >= 4 is 82.5 Å². The summed E-state index contributed by atoms with van der Waals surface area (Å²) in [4.78, 5) is 2.30. The van der Waals surface area contributed by atoms with Crippen molar-refractivity contribution in [3.8, 4) is 11.1 Å². The number of para-hydroxylation sites is 1. The van der Waals surface area contributed by atoms with Gasteiger partial charge in [-0.3, -0.25) is 0 Å². The van der Waals surface area contributed by atoms with Crippen LogP contribution < -0.4 is 4.90 Å². The summed E-state index contributed by atoms with van der Waals surface area (Å²) in [5.41, 5.74) is 9.08. The van der Waals surface area contributed by atoms with Crippen LogP contribution >= 0.6 is 0 Å². The molecule has 220 valence electrons. The van der Waals surface area contributed by atoms with Gasteiger partial charge in [0.2, 0.25) is 0 Å². The van der Waals surface area contributed by atoms with Crippen LogP contribution in [0.4, 0.5) is 17.1 Å². The third kappa shape index (κ3) is 4.07. The minimum atomic E-state index is 0.863. The van der Waals surface area contributed by atoms with Gasteiger partial charge in [-0.05, 0) is 81.9 Å². The molecule has 2 aromatic heterocycles. The molecule has 8 aromatic carbocycles. The van der Waals surface area contributed by atoms with E-state index in [1.54, 1.807) is 0 Å². The molecule has 0 aliphatic carbocycles. The quantitative estimate of drug-likeness (QED) is 0.201. The summed E-state index contributed by atoms with van der Waals surface area (Å²) in [6.45, 7) is 0. The number of anilines is 3. The summed E-state index contributed by atoms with van der Waals surface area (Å²) in [6.07, 6.45) is 0. The van der Waals surface area contributed by atoms with E-state index in [4.69, 9.17) is 8.83 Å². The second-order valence-corrected chi connectivity index (χ2v) is 12.1. The standard InChI is InChI=1S/C44H27NO2/c1-3-11-34-28(8-1)10-7-14-35(34)30-16-19-31(20-17-30)45(33-21-24-38-37-13-5-6-15-41(37)46-43(38)27-33)32-22-25-42-40(26-32)39-23-18-29-9-2-4-12-36(29)44(39)47-42/h1-27H. The maximum atomic E-state index is 6.47. The van der Waals surface area contributed by atoms with E-state index >= 15 is 0 Å². The zero-order valence-electron chi connectivity index (χ0n) is 25.4. The molecule has 10 rings (SSSR count). The Morgan fingerprint density at radius 3 is 1.83 bits per heavy atom. The Bertz CT molecular complexity index is 2800. The Morgan fingerprint density at radius 1 is 0.340 bits per heavy atom. The number of hydrogen-bond acceptors (Lipinski definition) is 3. The first kappa shape index (κ1) is 26.0. The van der Waals surface area contributed by atoms with Gasteiger partial charge in [0.15, 0.2) is 0 Å². The lowest BCUT2D eigenvalue weighted by Crippen LogP contribution is -2.09. The predicted octanol–water partition coefficient (Wildman–Crippen LogP) is 12.9. The van der Waals surface area contributed by atoms with E-state index in [1.165, 1.54) is 27.3 Å². The fraction of sp³-hybridized carbons (Fsp3) is 0. The van der Waals surface area contributed by atoms with Crippen molar-refractivity contribution in [1.29, 1.82) is 0 Å². The molecule has 0 saturated carbocycles. The van der Waals surface area contributed by atoms with Crippen LogP contribution in [-0.2, 0) is 0 Å². The van der Waals surface area contributed by atoms with E-state index in [-0.39, 0.29) is 0 Å². The first-order valence-electron chi connectivity index (χ1n) is 15.9. The van der Waals surface area contributed by atoms with Gasteiger partial charge < -0.3 is 13.7 Å². The van der Waals surface area contributed by atoms with Crippen LogP contribution in [0.15, 0.2) is 173 Å². The first-order valence-corrected chi connectivity index (χ1v) is 15.9. The Labute approximate surface area is 270 Å². The van der Waals surface area contributed by atoms with E-state index in [9.17, 15) is 0 Å². The summed E-state index contributed by atoms with van der Waals surface area (Å²) < 4.78 is 12.8. The van der Waals surface area contributed by atoms with E-state index in [2.05, 4.69) is 157 Å². The summed E-state index contributed by atoms with van der Waals surface area (Å²) in [5.74, 6) is 0. The minimum Gasteiger partial charge on any atom is -0.456 e. The SMILES string of the molecule is c1ccc2c(-c3ccc(N(c4ccc5c(c4)oc4ccccc45)c4ccc5oc6c7ccccc7ccc6c5c4)cc3)cccc2c1. The Hall–Kier alpha value is -6.32. The van der Waals surface area contributed by atoms with Crippen LogP contribution in [0.1, 0.15) is 0 Å². The van der Waals surface area contributed by atoms with Gasteiger partial charge in [0.1, 0.15) is 22.3 Å². The topological polar surface area (TPSA) is 29.5 Å². The Morgan fingerprint density at radius 2 is 0.957 bits per heavy atom. The lowest BCUT2D eigenvalue weighted by Gasteiger charge is -2.26. The first-order chi connectivity index (χ1) is 23.3. The maximum Gasteiger partial charge on any atom is 0.143 e. The van der Waals surface area contributed by atoms with Crippen molar-refractivity contribution in [1.82, 2.24) is 0 Å². The molecule has 0 saturated heterocycles. The number of fused-ring (bicyclic) bond motifs is 9. The fourth-order valence-corrected chi connectivity index (χ4v) is 7.20. The van der Waals surface area contributed by atoms with Crippen LogP contribution in [0, 0.1) is 0 Å². The van der Waals surface area contributed by atoms with Crippen LogP contribution in [0.2, 0.25) is 0 Å². The molecular weight excluding hydrogens is 574 g/mol. The molecule has 0 amide bonds. The summed E-state index contributed by atoms with van der Waals surface area (Å²) in [5, 5.41) is 9.22. The monoisotopic (exact) mass is 601 g/mol. The van der Waals surface area contributed by atoms with Crippen molar-refractivity contribution < 1.29 is 8.83 Å². The van der Waals surface area contributed by atoms with Gasteiger partial charge in [-0.15, -0.1) is 0 Å². The molecule has 0 aliphatic heterocycles. The van der Waals surface area contributed by atoms with Crippen molar-refractivity contribution in [3.05, 3.63) is 164 Å². The molecule has 0 aliphatic rings. The predicted molar refractivity (Wildman–Crippen MR) is 196 cm³/mol. The fourth-order valence-electron chi connectivity index (χ4n) is 7.20. The van der Waals surface area contributed by atoms with Crippen LogP contribution in [0.25, 0.3) is 76.5 Å². The number of benzene rings is 8. The minimum absolute atomic E-state index is 0.863. The largest absolute Gasteiger partial charge is 0.456 e. The van der Waals surface area contributed by atoms with Crippen molar-refractivity contribution in [2.45, 2.75) is 0 Å². The zero-order valence-corrected chi connectivity index (χ0v) is 25.4. The Kier molecular flexibility index (Phi) is 5.57. The molecule has 0 radical (unpaired) electrons.